The number of nitriles is 1. The van der Waals surface area contributed by atoms with Crippen LogP contribution in [0.4, 0.5) is 0 Å². The first-order valence-electron chi connectivity index (χ1n) is 9.12. The van der Waals surface area contributed by atoms with Crippen LogP contribution in [-0.4, -0.2) is 33.8 Å². The maximum Gasteiger partial charge on any atom is 0.331 e. The van der Waals surface area contributed by atoms with Gasteiger partial charge in [-0.25, -0.2) is 4.79 Å². The summed E-state index contributed by atoms with van der Waals surface area (Å²) >= 11 is 0. The predicted octanol–water partition coefficient (Wildman–Crippen LogP) is 2.30. The zero-order valence-electron chi connectivity index (χ0n) is 15.7. The number of carbonyl (C=O) groups excluding carboxylic acids is 2. The van der Waals surface area contributed by atoms with Gasteiger partial charge in [0, 0.05) is 17.8 Å². The summed E-state index contributed by atoms with van der Waals surface area (Å²) in [6.07, 6.45) is 8.14. The molecule has 0 aliphatic heterocycles. The van der Waals surface area contributed by atoms with Crippen molar-refractivity contribution < 1.29 is 14.3 Å². The van der Waals surface area contributed by atoms with Crippen LogP contribution in [0.5, 0.6) is 0 Å². The number of rotatable bonds is 8. The Labute approximate surface area is 163 Å². The molecule has 7 nitrogen and oxygen atoms in total. The van der Waals surface area contributed by atoms with Crippen LogP contribution in [0.2, 0.25) is 0 Å². The number of carbonyl (C=O) groups is 2. The highest BCUT2D eigenvalue weighted by Crippen LogP contribution is 2.39. The van der Waals surface area contributed by atoms with E-state index >= 15 is 0 Å². The molecule has 3 rings (SSSR count). The molecule has 0 radical (unpaired) electrons. The minimum Gasteiger partial charge on any atom is -0.452 e. The third-order valence-corrected chi connectivity index (χ3v) is 4.62. The van der Waals surface area contributed by atoms with Gasteiger partial charge in [-0.2, -0.15) is 10.4 Å². The lowest BCUT2D eigenvalue weighted by Gasteiger charge is -2.22. The maximum atomic E-state index is 11.9. The van der Waals surface area contributed by atoms with Crippen molar-refractivity contribution in [2.24, 2.45) is 5.92 Å². The van der Waals surface area contributed by atoms with Crippen molar-refractivity contribution in [1.29, 1.82) is 5.26 Å². The second-order valence-corrected chi connectivity index (χ2v) is 7.03. The third-order valence-electron chi connectivity index (χ3n) is 4.62. The van der Waals surface area contributed by atoms with Gasteiger partial charge in [-0.05, 0) is 37.3 Å². The quantitative estimate of drug-likeness (QED) is 0.561. The summed E-state index contributed by atoms with van der Waals surface area (Å²) in [7, 11) is 0. The van der Waals surface area contributed by atoms with E-state index in [0.717, 1.165) is 24.0 Å². The van der Waals surface area contributed by atoms with E-state index in [1.807, 2.05) is 36.5 Å². The van der Waals surface area contributed by atoms with E-state index in [1.54, 1.807) is 23.9 Å². The minimum atomic E-state index is -0.896. The summed E-state index contributed by atoms with van der Waals surface area (Å²) in [5, 5.41) is 16.1. The van der Waals surface area contributed by atoms with Gasteiger partial charge in [-0.3, -0.25) is 9.48 Å². The molecule has 1 N–H and O–H groups in total. The van der Waals surface area contributed by atoms with Crippen LogP contribution in [0.1, 0.15) is 30.9 Å². The lowest BCUT2D eigenvalue weighted by Crippen LogP contribution is -2.48. The Balaban J connectivity index is 1.45. The fourth-order valence-electron chi connectivity index (χ4n) is 2.88. The molecule has 1 heterocycles. The zero-order chi connectivity index (χ0) is 20.0. The first-order valence-corrected chi connectivity index (χ1v) is 9.12. The standard InChI is InChI=1S/C21H22N4O3/c1-21(15-22,18-8-9-18)24-19(26)14-28-20(27)10-7-17-11-23-25(13-17)12-16-5-3-2-4-6-16/h2-7,10-11,13,18H,8-9,12,14H2,1H3,(H,24,26)/b10-7+/t21-/m1/s1. The van der Waals surface area contributed by atoms with Gasteiger partial charge in [0.15, 0.2) is 6.61 Å². The van der Waals surface area contributed by atoms with E-state index in [4.69, 9.17) is 4.74 Å². The summed E-state index contributed by atoms with van der Waals surface area (Å²) in [4.78, 5) is 23.7. The molecular weight excluding hydrogens is 356 g/mol. The van der Waals surface area contributed by atoms with Crippen LogP contribution in [-0.2, 0) is 20.9 Å². The monoisotopic (exact) mass is 378 g/mol. The number of ether oxygens (including phenoxy) is 1. The van der Waals surface area contributed by atoms with Gasteiger partial charge in [0.1, 0.15) is 5.54 Å². The van der Waals surface area contributed by atoms with E-state index in [1.165, 1.54) is 6.08 Å². The molecule has 0 bridgehead atoms. The number of esters is 1. The smallest absolute Gasteiger partial charge is 0.331 e. The van der Waals surface area contributed by atoms with E-state index in [0.29, 0.717) is 6.54 Å². The van der Waals surface area contributed by atoms with Crippen LogP contribution in [0.25, 0.3) is 6.08 Å². The summed E-state index contributed by atoms with van der Waals surface area (Å²) in [5.74, 6) is -0.936. The average Bonchev–Trinajstić information content (AvgIpc) is 3.47. The number of amides is 1. The number of hydrogen-bond acceptors (Lipinski definition) is 5. The molecule has 28 heavy (non-hydrogen) atoms. The average molecular weight is 378 g/mol. The molecule has 1 aliphatic carbocycles. The fraction of sp³-hybridized carbons (Fsp3) is 0.333. The second-order valence-electron chi connectivity index (χ2n) is 7.03. The van der Waals surface area contributed by atoms with Gasteiger partial charge in [-0.15, -0.1) is 0 Å². The molecule has 2 aromatic rings. The van der Waals surface area contributed by atoms with Gasteiger partial charge < -0.3 is 10.1 Å². The van der Waals surface area contributed by atoms with Crippen LogP contribution < -0.4 is 5.32 Å². The van der Waals surface area contributed by atoms with Crippen LogP contribution in [0, 0.1) is 17.2 Å². The zero-order valence-corrected chi connectivity index (χ0v) is 15.7. The number of aromatic nitrogens is 2. The SMILES string of the molecule is C[C@](C#N)(NC(=O)COC(=O)/C=C/c1cnn(Cc2ccccc2)c1)C1CC1. The Hall–Kier alpha value is -3.40. The molecule has 0 spiro atoms. The summed E-state index contributed by atoms with van der Waals surface area (Å²) in [6, 6.07) is 12.1. The van der Waals surface area contributed by atoms with E-state index in [9.17, 15) is 14.9 Å². The number of benzene rings is 1. The maximum absolute atomic E-state index is 11.9. The number of nitrogens with one attached hydrogen (secondary N) is 1. The number of hydrogen-bond donors (Lipinski definition) is 1. The Morgan fingerprint density at radius 2 is 2.14 bits per heavy atom. The first kappa shape index (κ1) is 19.4. The van der Waals surface area contributed by atoms with Crippen molar-refractivity contribution in [3.63, 3.8) is 0 Å². The Kier molecular flexibility index (Phi) is 5.90. The molecule has 144 valence electrons. The minimum absolute atomic E-state index is 0.171. The van der Waals surface area contributed by atoms with Gasteiger partial charge >= 0.3 is 5.97 Å². The summed E-state index contributed by atoms with van der Waals surface area (Å²) in [5.41, 5.74) is 0.984. The lowest BCUT2D eigenvalue weighted by atomic mass is 9.98. The van der Waals surface area contributed by atoms with Crippen LogP contribution >= 0.6 is 0 Å². The molecule has 1 saturated carbocycles. The van der Waals surface area contributed by atoms with E-state index in [2.05, 4.69) is 16.5 Å². The van der Waals surface area contributed by atoms with Crippen molar-refractivity contribution in [1.82, 2.24) is 15.1 Å². The van der Waals surface area contributed by atoms with Gasteiger partial charge in [0.05, 0.1) is 18.8 Å². The predicted molar refractivity (Wildman–Crippen MR) is 103 cm³/mol. The Morgan fingerprint density at radius 1 is 1.39 bits per heavy atom. The fourth-order valence-corrected chi connectivity index (χ4v) is 2.88. The summed E-state index contributed by atoms with van der Waals surface area (Å²) in [6.45, 7) is 1.91. The largest absolute Gasteiger partial charge is 0.452 e. The molecule has 1 atom stereocenters. The third kappa shape index (κ3) is 5.30. The van der Waals surface area contributed by atoms with Gasteiger partial charge in [0.2, 0.25) is 0 Å². The molecule has 7 heteroatoms. The van der Waals surface area contributed by atoms with E-state index in [-0.39, 0.29) is 5.92 Å². The van der Waals surface area contributed by atoms with Crippen LogP contribution in [0.3, 0.4) is 0 Å². The Morgan fingerprint density at radius 3 is 2.82 bits per heavy atom. The molecular formula is C21H22N4O3. The van der Waals surface area contributed by atoms with Crippen molar-refractivity contribution in [3.8, 4) is 6.07 Å². The van der Waals surface area contributed by atoms with Gasteiger partial charge in [0.25, 0.3) is 5.91 Å². The molecule has 1 aromatic carbocycles. The highest BCUT2D eigenvalue weighted by atomic mass is 16.5. The van der Waals surface area contributed by atoms with Crippen LogP contribution in [0.15, 0.2) is 48.8 Å². The number of nitrogens with zero attached hydrogens (tertiary/aromatic N) is 3. The van der Waals surface area contributed by atoms with Crippen molar-refractivity contribution >= 4 is 18.0 Å². The van der Waals surface area contributed by atoms with Gasteiger partial charge in [-0.1, -0.05) is 30.3 Å². The highest BCUT2D eigenvalue weighted by Gasteiger charge is 2.43. The molecule has 0 unspecified atom stereocenters. The normalized spacial score (nSPS) is 15.6. The molecule has 1 aliphatic rings. The van der Waals surface area contributed by atoms with Crippen molar-refractivity contribution in [2.45, 2.75) is 31.8 Å². The second kappa shape index (κ2) is 8.53. The van der Waals surface area contributed by atoms with E-state index < -0.39 is 24.0 Å². The molecule has 1 aromatic heterocycles. The Bertz CT molecular complexity index is 909. The van der Waals surface area contributed by atoms with Crippen molar-refractivity contribution in [2.75, 3.05) is 6.61 Å². The first-order chi connectivity index (χ1) is 13.5. The molecule has 1 amide bonds. The highest BCUT2D eigenvalue weighted by molar-refractivity contribution is 5.89. The summed E-state index contributed by atoms with van der Waals surface area (Å²) < 4.78 is 6.72. The topological polar surface area (TPSA) is 97.0 Å². The van der Waals surface area contributed by atoms with Crippen molar-refractivity contribution in [3.05, 3.63) is 59.9 Å². The molecule has 0 saturated heterocycles. The lowest BCUT2D eigenvalue weighted by molar-refractivity contribution is -0.144. The molecule has 1 fully saturated rings.